The fourth-order valence-electron chi connectivity index (χ4n) is 6.15. The van der Waals surface area contributed by atoms with Crippen LogP contribution in [0.2, 0.25) is 0 Å². The maximum atomic E-state index is 13.5. The van der Waals surface area contributed by atoms with E-state index in [9.17, 15) is 14.4 Å². The molecule has 0 N–H and O–H groups in total. The minimum atomic E-state index is -0.0649. The van der Waals surface area contributed by atoms with Crippen LogP contribution in [0.15, 0.2) is 67.0 Å². The minimum Gasteiger partial charge on any atom is -0.490 e. The first-order valence-corrected chi connectivity index (χ1v) is 14.2. The van der Waals surface area contributed by atoms with E-state index in [1.165, 1.54) is 0 Å². The van der Waals surface area contributed by atoms with Crippen LogP contribution in [0, 0.1) is 5.41 Å². The van der Waals surface area contributed by atoms with Crippen molar-refractivity contribution < 1.29 is 23.9 Å². The molecule has 3 aromatic rings. The zero-order chi connectivity index (χ0) is 27.5. The number of amides is 2. The highest BCUT2D eigenvalue weighted by Crippen LogP contribution is 2.41. The molecule has 208 valence electrons. The maximum absolute atomic E-state index is 13.5. The number of Topliss-reactive ketones (excluding diaryl/α,β-unsaturated/α-hetero) is 1. The van der Waals surface area contributed by atoms with Crippen molar-refractivity contribution in [1.82, 2.24) is 14.4 Å². The first kappa shape index (κ1) is 26.2. The third-order valence-corrected chi connectivity index (χ3v) is 8.55. The van der Waals surface area contributed by atoms with E-state index in [0.717, 1.165) is 31.4 Å². The predicted molar refractivity (Wildman–Crippen MR) is 150 cm³/mol. The van der Waals surface area contributed by atoms with Crippen LogP contribution in [-0.2, 0) is 4.79 Å². The van der Waals surface area contributed by atoms with E-state index in [1.807, 2.05) is 63.2 Å². The molecule has 0 saturated carbocycles. The Bertz CT molecular complexity index is 1390. The van der Waals surface area contributed by atoms with E-state index < -0.39 is 0 Å². The average Bonchev–Trinajstić information content (AvgIpc) is 3.61. The highest BCUT2D eigenvalue weighted by atomic mass is 16.5. The summed E-state index contributed by atoms with van der Waals surface area (Å²) in [5.74, 6) is 1.27. The summed E-state index contributed by atoms with van der Waals surface area (Å²) in [6.45, 7) is 3.94. The highest BCUT2D eigenvalue weighted by Gasteiger charge is 2.42. The monoisotopic (exact) mass is 541 g/mol. The van der Waals surface area contributed by atoms with Crippen molar-refractivity contribution in [2.24, 2.45) is 5.41 Å². The second kappa shape index (κ2) is 11.2. The van der Waals surface area contributed by atoms with E-state index in [1.54, 1.807) is 18.2 Å². The van der Waals surface area contributed by atoms with Gasteiger partial charge in [0, 0.05) is 63.4 Å². The van der Waals surface area contributed by atoms with E-state index in [4.69, 9.17) is 9.47 Å². The Labute approximate surface area is 234 Å². The van der Waals surface area contributed by atoms with Gasteiger partial charge < -0.3 is 23.8 Å². The number of piperidine rings is 1. The van der Waals surface area contributed by atoms with Crippen molar-refractivity contribution >= 4 is 17.6 Å². The second-order valence-corrected chi connectivity index (χ2v) is 11.1. The van der Waals surface area contributed by atoms with Crippen LogP contribution in [-0.4, -0.2) is 71.4 Å². The number of carbonyl (C=O) groups excluding carboxylic acids is 3. The van der Waals surface area contributed by atoms with E-state index in [-0.39, 0.29) is 35.9 Å². The average molecular weight is 542 g/mol. The van der Waals surface area contributed by atoms with Crippen molar-refractivity contribution in [3.8, 4) is 17.2 Å². The number of ether oxygens (including phenoxy) is 2. The van der Waals surface area contributed by atoms with Gasteiger partial charge in [0.15, 0.2) is 17.3 Å². The number of para-hydroxylation sites is 1. The summed E-state index contributed by atoms with van der Waals surface area (Å²) >= 11 is 0. The van der Waals surface area contributed by atoms with Gasteiger partial charge in [-0.05, 0) is 67.1 Å². The number of fused-ring (bicyclic) bond motifs is 1. The normalized spacial score (nSPS) is 18.0. The zero-order valence-electron chi connectivity index (χ0n) is 22.7. The van der Waals surface area contributed by atoms with Crippen LogP contribution < -0.4 is 9.47 Å². The van der Waals surface area contributed by atoms with Gasteiger partial charge in [0.25, 0.3) is 5.91 Å². The smallest absolute Gasteiger partial charge is 0.255 e. The van der Waals surface area contributed by atoms with Gasteiger partial charge in [-0.1, -0.05) is 12.1 Å². The molecular formula is C32H35N3O5. The topological polar surface area (TPSA) is 81.1 Å². The van der Waals surface area contributed by atoms with Crippen molar-refractivity contribution in [2.45, 2.75) is 38.5 Å². The van der Waals surface area contributed by atoms with Crippen LogP contribution in [0.3, 0.4) is 0 Å². The van der Waals surface area contributed by atoms with Crippen molar-refractivity contribution in [2.75, 3.05) is 39.4 Å². The maximum Gasteiger partial charge on any atom is 0.255 e. The molecule has 6 rings (SSSR count). The molecule has 0 atom stereocenters. The molecule has 0 bridgehead atoms. The van der Waals surface area contributed by atoms with Gasteiger partial charge in [-0.25, -0.2) is 0 Å². The van der Waals surface area contributed by atoms with Crippen LogP contribution in [0.4, 0.5) is 0 Å². The van der Waals surface area contributed by atoms with Gasteiger partial charge >= 0.3 is 0 Å². The standard InChI is InChI=1S/C32H35N3O5/c36-27(24-8-10-28-29(22-24)40-21-5-20-39-28)9-11-30(37)35-19-14-32(23-35)12-17-34(18-13-32)31(38)25-6-1-2-7-26(25)33-15-3-4-16-33/h1-4,6-8,10,15-16,22H,5,9,11-14,17-21,23H2. The zero-order valence-corrected chi connectivity index (χ0v) is 22.7. The van der Waals surface area contributed by atoms with Gasteiger partial charge in [-0.15, -0.1) is 0 Å². The number of nitrogens with zero attached hydrogens (tertiary/aromatic N) is 3. The molecule has 2 fully saturated rings. The number of ketones is 1. The molecule has 4 heterocycles. The lowest BCUT2D eigenvalue weighted by molar-refractivity contribution is -0.130. The summed E-state index contributed by atoms with van der Waals surface area (Å²) in [6.07, 6.45) is 7.78. The molecule has 0 radical (unpaired) electrons. The summed E-state index contributed by atoms with van der Waals surface area (Å²) in [5, 5.41) is 0. The lowest BCUT2D eigenvalue weighted by Gasteiger charge is -2.39. The Hall–Kier alpha value is -4.07. The number of rotatable bonds is 6. The molecule has 1 spiro atoms. The van der Waals surface area contributed by atoms with Crippen molar-refractivity contribution in [3.05, 3.63) is 78.1 Å². The Morgan fingerprint density at radius 3 is 2.25 bits per heavy atom. The van der Waals surface area contributed by atoms with E-state index in [0.29, 0.717) is 62.0 Å². The number of hydrogen-bond acceptors (Lipinski definition) is 5. The van der Waals surface area contributed by atoms with E-state index in [2.05, 4.69) is 0 Å². The van der Waals surface area contributed by atoms with Gasteiger partial charge in [0.05, 0.1) is 24.5 Å². The van der Waals surface area contributed by atoms with Crippen LogP contribution >= 0.6 is 0 Å². The lowest BCUT2D eigenvalue weighted by Crippen LogP contribution is -2.45. The van der Waals surface area contributed by atoms with Crippen molar-refractivity contribution in [3.63, 3.8) is 0 Å². The summed E-state index contributed by atoms with van der Waals surface area (Å²) in [6, 6.07) is 16.9. The molecule has 1 aromatic heterocycles. The minimum absolute atomic E-state index is 0.0266. The Balaban J connectivity index is 1.01. The Morgan fingerprint density at radius 2 is 1.48 bits per heavy atom. The fourth-order valence-corrected chi connectivity index (χ4v) is 6.15. The third-order valence-electron chi connectivity index (χ3n) is 8.55. The van der Waals surface area contributed by atoms with Gasteiger partial charge in [0.1, 0.15) is 0 Å². The predicted octanol–water partition coefficient (Wildman–Crippen LogP) is 4.76. The summed E-state index contributed by atoms with van der Waals surface area (Å²) in [4.78, 5) is 43.2. The molecule has 3 aliphatic heterocycles. The Morgan fingerprint density at radius 1 is 0.775 bits per heavy atom. The molecule has 40 heavy (non-hydrogen) atoms. The Kier molecular flexibility index (Phi) is 7.32. The number of hydrogen-bond donors (Lipinski definition) is 0. The van der Waals surface area contributed by atoms with E-state index >= 15 is 0 Å². The molecular weight excluding hydrogens is 506 g/mol. The first-order chi connectivity index (χ1) is 19.5. The van der Waals surface area contributed by atoms with Crippen LogP contribution in [0.1, 0.15) is 59.2 Å². The molecule has 3 aliphatic rings. The molecule has 2 aromatic carbocycles. The molecule has 2 saturated heterocycles. The van der Waals surface area contributed by atoms with Crippen molar-refractivity contribution in [1.29, 1.82) is 0 Å². The summed E-state index contributed by atoms with van der Waals surface area (Å²) < 4.78 is 13.3. The third kappa shape index (κ3) is 5.35. The molecule has 8 nitrogen and oxygen atoms in total. The largest absolute Gasteiger partial charge is 0.490 e. The van der Waals surface area contributed by atoms with Gasteiger partial charge in [-0.3, -0.25) is 14.4 Å². The molecule has 0 unspecified atom stereocenters. The number of aromatic nitrogens is 1. The first-order valence-electron chi connectivity index (χ1n) is 14.2. The highest BCUT2D eigenvalue weighted by molar-refractivity contribution is 5.99. The van der Waals surface area contributed by atoms with Crippen LogP contribution in [0.25, 0.3) is 5.69 Å². The SMILES string of the molecule is O=C(CCC(=O)N1CCC2(CCN(C(=O)c3ccccc3-n3cccc3)CC2)C1)c1ccc2c(c1)OCCCO2. The molecule has 2 amide bonds. The lowest BCUT2D eigenvalue weighted by atomic mass is 9.77. The molecule has 8 heteroatoms. The van der Waals surface area contributed by atoms with Gasteiger partial charge in [-0.2, -0.15) is 0 Å². The molecule has 0 aliphatic carbocycles. The second-order valence-electron chi connectivity index (χ2n) is 11.1. The number of benzene rings is 2. The summed E-state index contributed by atoms with van der Waals surface area (Å²) in [5.41, 5.74) is 2.18. The summed E-state index contributed by atoms with van der Waals surface area (Å²) in [7, 11) is 0. The quantitative estimate of drug-likeness (QED) is 0.421. The number of carbonyl (C=O) groups is 3. The van der Waals surface area contributed by atoms with Gasteiger partial charge in [0.2, 0.25) is 5.91 Å². The fraction of sp³-hybridized carbons (Fsp3) is 0.406. The van der Waals surface area contributed by atoms with Crippen LogP contribution in [0.5, 0.6) is 11.5 Å². The number of likely N-dealkylation sites (tertiary alicyclic amines) is 2.